The minimum atomic E-state index is -1.30. The molecule has 35 heavy (non-hydrogen) atoms. The van der Waals surface area contributed by atoms with E-state index in [0.717, 1.165) is 5.56 Å². The van der Waals surface area contributed by atoms with Crippen LogP contribution in [0.1, 0.15) is 46.6 Å². The molecule has 1 N–H and O–H groups in total. The summed E-state index contributed by atoms with van der Waals surface area (Å²) >= 11 is 0. The Balaban J connectivity index is 1.90. The molecule has 1 atom stereocenters. The maximum atomic E-state index is 13.5. The molecular weight excluding hydrogens is 446 g/mol. The van der Waals surface area contributed by atoms with E-state index in [1.165, 1.54) is 19.3 Å². The van der Waals surface area contributed by atoms with Crippen LogP contribution in [0.4, 0.5) is 0 Å². The Morgan fingerprint density at radius 3 is 2.46 bits per heavy atom. The van der Waals surface area contributed by atoms with Crippen LogP contribution in [0, 0.1) is 27.6 Å². The Kier molecular flexibility index (Phi) is 7.12. The number of methoxy groups -OCH3 is 1. The lowest BCUT2D eigenvalue weighted by Gasteiger charge is -2.39. The largest absolute Gasteiger partial charge is 0.504 e. The number of carbonyl (C=O) groups excluding carboxylic acids is 2. The van der Waals surface area contributed by atoms with E-state index in [1.807, 2.05) is 26.8 Å². The van der Waals surface area contributed by atoms with Crippen LogP contribution < -0.4 is 4.74 Å². The molecule has 0 unspecified atom stereocenters. The van der Waals surface area contributed by atoms with Gasteiger partial charge in [0.25, 0.3) is 0 Å². The van der Waals surface area contributed by atoms with Gasteiger partial charge in [-0.1, -0.05) is 45.1 Å². The second-order valence-corrected chi connectivity index (χ2v) is 10.5. The fourth-order valence-electron chi connectivity index (χ4n) is 4.78. The fourth-order valence-corrected chi connectivity index (χ4v) is 4.78. The molecule has 1 aromatic rings. The lowest BCUT2D eigenvalue weighted by Crippen LogP contribution is -2.48. The van der Waals surface area contributed by atoms with Gasteiger partial charge in [0.15, 0.2) is 23.1 Å². The fraction of sp³-hybridized carbons (Fsp3) is 0.464. The summed E-state index contributed by atoms with van der Waals surface area (Å²) in [6, 6.07) is 6.92. The quantitative estimate of drug-likeness (QED) is 0.562. The number of ether oxygens (including phenoxy) is 3. The van der Waals surface area contributed by atoms with E-state index in [9.17, 15) is 20.0 Å². The van der Waals surface area contributed by atoms with Crippen LogP contribution >= 0.6 is 0 Å². The molecule has 0 radical (unpaired) electrons. The summed E-state index contributed by atoms with van der Waals surface area (Å²) in [5, 5.41) is 19.3. The Labute approximate surface area is 206 Å². The molecule has 0 amide bonds. The Morgan fingerprint density at radius 1 is 1.20 bits per heavy atom. The molecule has 0 spiro atoms. The maximum absolute atomic E-state index is 13.5. The number of Topliss-reactive ketones (excluding diaryl/α,β-unsaturated/α-hetero) is 1. The summed E-state index contributed by atoms with van der Waals surface area (Å²) in [5.74, 6) is -1.33. The van der Waals surface area contributed by atoms with Crippen LogP contribution in [0.3, 0.4) is 0 Å². The molecule has 0 bridgehead atoms. The van der Waals surface area contributed by atoms with Gasteiger partial charge in [-0.25, -0.2) is 0 Å². The van der Waals surface area contributed by atoms with Crippen molar-refractivity contribution in [1.82, 2.24) is 0 Å². The number of phenolic OH excluding ortho intramolecular Hbond substituents is 1. The van der Waals surface area contributed by atoms with Gasteiger partial charge >= 0.3 is 0 Å². The summed E-state index contributed by atoms with van der Waals surface area (Å²) in [6.45, 7) is 9.75. The van der Waals surface area contributed by atoms with Crippen molar-refractivity contribution < 1.29 is 28.9 Å². The standard InChI is InChI=1S/C28H33NO6/c1-25(2)18-27(5,16-20(17-29)24(25)32)11-10-23(31)26(3,4)28(34-13-14-35-28)12-9-19-7-8-21(30)22(15-19)33-6/h7-12,15-16,30H,13-14,18H2,1-6H3/b11-10+,12-9+/t27-/m0/s1. The maximum Gasteiger partial charge on any atom is 0.200 e. The third-order valence-corrected chi connectivity index (χ3v) is 6.79. The number of hydrogen-bond acceptors (Lipinski definition) is 7. The third kappa shape index (κ3) is 5.09. The molecule has 0 saturated carbocycles. The van der Waals surface area contributed by atoms with Gasteiger partial charge in [0, 0.05) is 10.8 Å². The summed E-state index contributed by atoms with van der Waals surface area (Å²) in [7, 11) is 1.47. The molecule has 1 aliphatic carbocycles. The number of rotatable bonds is 7. The molecule has 1 heterocycles. The predicted octanol–water partition coefficient (Wildman–Crippen LogP) is 4.76. The number of carbonyl (C=O) groups is 2. The SMILES string of the molecule is COc1cc(/C=C/C2(C(C)(C)C(=O)/C=C/[C@@]3(C)C=C(C#N)C(=O)C(C)(C)C3)OCCO2)ccc1O. The van der Waals surface area contributed by atoms with Gasteiger partial charge in [0.05, 0.1) is 31.3 Å². The molecule has 7 heteroatoms. The summed E-state index contributed by atoms with van der Waals surface area (Å²) in [6.07, 6.45) is 8.88. The normalized spacial score (nSPS) is 23.9. The smallest absolute Gasteiger partial charge is 0.200 e. The summed E-state index contributed by atoms with van der Waals surface area (Å²) in [4.78, 5) is 26.0. The third-order valence-electron chi connectivity index (χ3n) is 6.79. The van der Waals surface area contributed by atoms with Crippen molar-refractivity contribution in [3.63, 3.8) is 0 Å². The lowest BCUT2D eigenvalue weighted by atomic mass is 9.65. The second-order valence-electron chi connectivity index (χ2n) is 10.5. The molecule has 3 rings (SSSR count). The minimum Gasteiger partial charge on any atom is -0.504 e. The highest BCUT2D eigenvalue weighted by molar-refractivity contribution is 6.04. The number of aromatic hydroxyl groups is 1. The van der Waals surface area contributed by atoms with Crippen LogP contribution in [0.15, 0.2) is 48.1 Å². The molecule has 1 saturated heterocycles. The van der Waals surface area contributed by atoms with Gasteiger partial charge in [-0.05, 0) is 50.1 Å². The number of ketones is 2. The van der Waals surface area contributed by atoms with Crippen molar-refractivity contribution >= 4 is 17.6 Å². The number of nitrogens with zero attached hydrogens (tertiary/aromatic N) is 1. The first kappa shape index (κ1) is 26.4. The molecule has 2 aliphatic rings. The van der Waals surface area contributed by atoms with Crippen LogP contribution in [-0.2, 0) is 19.1 Å². The number of allylic oxidation sites excluding steroid dienone is 4. The molecule has 1 aromatic carbocycles. The van der Waals surface area contributed by atoms with E-state index in [-0.39, 0.29) is 22.9 Å². The van der Waals surface area contributed by atoms with Crippen molar-refractivity contribution in [2.45, 2.75) is 46.8 Å². The van der Waals surface area contributed by atoms with E-state index < -0.39 is 22.0 Å². The van der Waals surface area contributed by atoms with Gasteiger partial charge in [-0.15, -0.1) is 0 Å². The Bertz CT molecular complexity index is 1140. The lowest BCUT2D eigenvalue weighted by molar-refractivity contribution is -0.191. The van der Waals surface area contributed by atoms with E-state index in [1.54, 1.807) is 50.3 Å². The summed E-state index contributed by atoms with van der Waals surface area (Å²) in [5.41, 5.74) is -1.56. The van der Waals surface area contributed by atoms with Crippen molar-refractivity contribution in [3.05, 3.63) is 53.6 Å². The van der Waals surface area contributed by atoms with E-state index in [2.05, 4.69) is 0 Å². The topological polar surface area (TPSA) is 106 Å². The van der Waals surface area contributed by atoms with Crippen molar-refractivity contribution in [2.24, 2.45) is 16.2 Å². The van der Waals surface area contributed by atoms with Crippen LogP contribution in [-0.4, -0.2) is 42.8 Å². The van der Waals surface area contributed by atoms with Gasteiger partial charge < -0.3 is 19.3 Å². The van der Waals surface area contributed by atoms with Gasteiger partial charge in [-0.3, -0.25) is 9.59 Å². The van der Waals surface area contributed by atoms with Crippen LogP contribution in [0.5, 0.6) is 11.5 Å². The average molecular weight is 480 g/mol. The molecular formula is C28H33NO6. The summed E-state index contributed by atoms with van der Waals surface area (Å²) < 4.78 is 17.1. The highest BCUT2D eigenvalue weighted by Crippen LogP contribution is 2.45. The van der Waals surface area contributed by atoms with Crippen LogP contribution in [0.25, 0.3) is 6.08 Å². The number of nitriles is 1. The molecule has 1 fully saturated rings. The second kappa shape index (κ2) is 9.44. The zero-order chi connectivity index (χ0) is 26.1. The number of phenols is 1. The number of benzene rings is 1. The molecule has 186 valence electrons. The van der Waals surface area contributed by atoms with E-state index in [4.69, 9.17) is 14.2 Å². The minimum absolute atomic E-state index is 0.0306. The molecule has 0 aromatic heterocycles. The van der Waals surface area contributed by atoms with E-state index >= 15 is 0 Å². The first-order valence-electron chi connectivity index (χ1n) is 11.5. The van der Waals surface area contributed by atoms with Crippen molar-refractivity contribution in [3.8, 4) is 17.6 Å². The van der Waals surface area contributed by atoms with Crippen LogP contribution in [0.2, 0.25) is 0 Å². The van der Waals surface area contributed by atoms with Crippen molar-refractivity contribution in [1.29, 1.82) is 5.26 Å². The van der Waals surface area contributed by atoms with Gasteiger partial charge in [0.1, 0.15) is 6.07 Å². The Morgan fingerprint density at radius 2 is 1.86 bits per heavy atom. The van der Waals surface area contributed by atoms with Crippen molar-refractivity contribution in [2.75, 3.05) is 20.3 Å². The zero-order valence-corrected chi connectivity index (χ0v) is 21.2. The van der Waals surface area contributed by atoms with Gasteiger partial charge in [0.2, 0.25) is 5.79 Å². The average Bonchev–Trinajstić information content (AvgIpc) is 3.30. The monoisotopic (exact) mass is 479 g/mol. The van der Waals surface area contributed by atoms with Gasteiger partial charge in [-0.2, -0.15) is 5.26 Å². The Hall–Kier alpha value is -3.21. The predicted molar refractivity (Wildman–Crippen MR) is 131 cm³/mol. The highest BCUT2D eigenvalue weighted by atomic mass is 16.7. The molecule has 1 aliphatic heterocycles. The highest BCUT2D eigenvalue weighted by Gasteiger charge is 2.52. The first-order valence-corrected chi connectivity index (χ1v) is 11.5. The van der Waals surface area contributed by atoms with E-state index in [0.29, 0.717) is 25.4 Å². The zero-order valence-electron chi connectivity index (χ0n) is 21.2. The molecule has 7 nitrogen and oxygen atoms in total. The first-order chi connectivity index (χ1) is 16.3. The number of hydrogen-bond donors (Lipinski definition) is 1.